The Morgan fingerprint density at radius 1 is 1.00 bits per heavy atom. The van der Waals surface area contributed by atoms with E-state index in [0.29, 0.717) is 19.0 Å². The Balaban J connectivity index is 2.71. The van der Waals surface area contributed by atoms with Gasteiger partial charge in [-0.05, 0) is 49.5 Å². The van der Waals surface area contributed by atoms with E-state index in [1.54, 1.807) is 0 Å². The number of halogens is 1. The summed E-state index contributed by atoms with van der Waals surface area (Å²) in [5.74, 6) is 0.165. The highest BCUT2D eigenvalue weighted by Crippen LogP contribution is 2.22. The van der Waals surface area contributed by atoms with Gasteiger partial charge in [-0.1, -0.05) is 12.1 Å². The van der Waals surface area contributed by atoms with Crippen LogP contribution in [0.2, 0.25) is 0 Å². The van der Waals surface area contributed by atoms with E-state index in [0.717, 1.165) is 18.4 Å². The van der Waals surface area contributed by atoms with Gasteiger partial charge in [0.1, 0.15) is 5.82 Å². The second kappa shape index (κ2) is 5.73. The molecule has 0 aliphatic heterocycles. The van der Waals surface area contributed by atoms with Gasteiger partial charge in [-0.3, -0.25) is 0 Å². The number of hydrogen-bond donors (Lipinski definition) is 2. The zero-order valence-corrected chi connectivity index (χ0v) is 8.25. The molecule has 0 amide bonds. The van der Waals surface area contributed by atoms with E-state index in [2.05, 4.69) is 0 Å². The SMILES string of the molecule is NCCC(CCN)c1ccc(F)cc1. The number of hydrogen-bond acceptors (Lipinski definition) is 2. The first-order valence-electron chi connectivity index (χ1n) is 4.93. The highest BCUT2D eigenvalue weighted by molar-refractivity contribution is 5.20. The first-order valence-corrected chi connectivity index (χ1v) is 4.93. The van der Waals surface area contributed by atoms with Gasteiger partial charge in [-0.25, -0.2) is 4.39 Å². The average molecular weight is 196 g/mol. The van der Waals surface area contributed by atoms with Crippen LogP contribution in [0.3, 0.4) is 0 Å². The zero-order chi connectivity index (χ0) is 10.4. The fraction of sp³-hybridized carbons (Fsp3) is 0.455. The molecule has 4 N–H and O–H groups in total. The Bertz CT molecular complexity index is 252. The highest BCUT2D eigenvalue weighted by atomic mass is 19.1. The molecule has 0 unspecified atom stereocenters. The Morgan fingerprint density at radius 2 is 1.50 bits per heavy atom. The van der Waals surface area contributed by atoms with Crippen LogP contribution >= 0.6 is 0 Å². The largest absolute Gasteiger partial charge is 0.330 e. The van der Waals surface area contributed by atoms with E-state index in [9.17, 15) is 4.39 Å². The normalized spacial score (nSPS) is 10.9. The van der Waals surface area contributed by atoms with Gasteiger partial charge in [-0.2, -0.15) is 0 Å². The summed E-state index contributed by atoms with van der Waals surface area (Å²) >= 11 is 0. The molecule has 0 radical (unpaired) electrons. The maximum Gasteiger partial charge on any atom is 0.123 e. The molecule has 0 bridgehead atoms. The molecule has 0 saturated carbocycles. The van der Waals surface area contributed by atoms with E-state index >= 15 is 0 Å². The predicted molar refractivity (Wildman–Crippen MR) is 56.5 cm³/mol. The number of rotatable bonds is 5. The fourth-order valence-corrected chi connectivity index (χ4v) is 1.61. The van der Waals surface area contributed by atoms with Gasteiger partial charge in [0.2, 0.25) is 0 Å². The molecule has 1 rings (SSSR count). The summed E-state index contributed by atoms with van der Waals surface area (Å²) in [6.07, 6.45) is 1.81. The smallest absolute Gasteiger partial charge is 0.123 e. The molecule has 0 heterocycles. The van der Waals surface area contributed by atoms with Gasteiger partial charge in [0, 0.05) is 0 Å². The van der Waals surface area contributed by atoms with Crippen LogP contribution in [-0.4, -0.2) is 13.1 Å². The molecular formula is C11H17FN2. The molecule has 3 heteroatoms. The third kappa shape index (κ3) is 3.09. The molecule has 0 aliphatic rings. The molecule has 78 valence electrons. The molecule has 0 aromatic heterocycles. The highest BCUT2D eigenvalue weighted by Gasteiger charge is 2.09. The second-order valence-electron chi connectivity index (χ2n) is 3.40. The van der Waals surface area contributed by atoms with E-state index in [-0.39, 0.29) is 5.82 Å². The minimum absolute atomic E-state index is 0.201. The van der Waals surface area contributed by atoms with E-state index in [4.69, 9.17) is 11.5 Å². The van der Waals surface area contributed by atoms with Crippen LogP contribution in [0, 0.1) is 5.82 Å². The van der Waals surface area contributed by atoms with Crippen LogP contribution in [-0.2, 0) is 0 Å². The topological polar surface area (TPSA) is 52.0 Å². The lowest BCUT2D eigenvalue weighted by atomic mass is 9.92. The molecule has 0 aliphatic carbocycles. The summed E-state index contributed by atoms with van der Waals surface area (Å²) in [5, 5.41) is 0. The Hall–Kier alpha value is -0.930. The molecule has 0 saturated heterocycles. The fourth-order valence-electron chi connectivity index (χ4n) is 1.61. The monoisotopic (exact) mass is 196 g/mol. The Morgan fingerprint density at radius 3 is 1.93 bits per heavy atom. The van der Waals surface area contributed by atoms with Gasteiger partial charge in [0.15, 0.2) is 0 Å². The van der Waals surface area contributed by atoms with Gasteiger partial charge in [-0.15, -0.1) is 0 Å². The van der Waals surface area contributed by atoms with Crippen molar-refractivity contribution < 1.29 is 4.39 Å². The molecular weight excluding hydrogens is 179 g/mol. The summed E-state index contributed by atoms with van der Waals surface area (Å²) in [6.45, 7) is 1.28. The maximum atomic E-state index is 12.7. The Kier molecular flexibility index (Phi) is 4.56. The first kappa shape index (κ1) is 11.1. The molecule has 14 heavy (non-hydrogen) atoms. The lowest BCUT2D eigenvalue weighted by molar-refractivity contribution is 0.586. The van der Waals surface area contributed by atoms with E-state index < -0.39 is 0 Å². The third-order valence-electron chi connectivity index (χ3n) is 2.37. The minimum atomic E-state index is -0.201. The lowest BCUT2D eigenvalue weighted by Crippen LogP contribution is -2.12. The van der Waals surface area contributed by atoms with Crippen LogP contribution in [0.4, 0.5) is 4.39 Å². The van der Waals surface area contributed by atoms with E-state index in [1.807, 2.05) is 12.1 Å². The van der Waals surface area contributed by atoms with Crippen LogP contribution < -0.4 is 11.5 Å². The van der Waals surface area contributed by atoms with Crippen molar-refractivity contribution in [3.63, 3.8) is 0 Å². The maximum absolute atomic E-state index is 12.7. The average Bonchev–Trinajstić information content (AvgIpc) is 2.19. The van der Waals surface area contributed by atoms with Gasteiger partial charge in [0.25, 0.3) is 0 Å². The number of nitrogens with two attached hydrogens (primary N) is 2. The van der Waals surface area contributed by atoms with Gasteiger partial charge in [0.05, 0.1) is 0 Å². The van der Waals surface area contributed by atoms with Crippen molar-refractivity contribution in [1.29, 1.82) is 0 Å². The van der Waals surface area contributed by atoms with Crippen LogP contribution in [0.1, 0.15) is 24.3 Å². The quantitative estimate of drug-likeness (QED) is 0.751. The summed E-state index contributed by atoms with van der Waals surface area (Å²) in [6, 6.07) is 6.58. The summed E-state index contributed by atoms with van der Waals surface area (Å²) < 4.78 is 12.7. The molecule has 0 atom stereocenters. The minimum Gasteiger partial charge on any atom is -0.330 e. The van der Waals surface area contributed by atoms with Crippen LogP contribution in [0.25, 0.3) is 0 Å². The van der Waals surface area contributed by atoms with Crippen molar-refractivity contribution in [2.24, 2.45) is 11.5 Å². The van der Waals surface area contributed by atoms with Gasteiger partial charge >= 0.3 is 0 Å². The third-order valence-corrected chi connectivity index (χ3v) is 2.37. The molecule has 2 nitrogen and oxygen atoms in total. The Labute approximate surface area is 84.1 Å². The van der Waals surface area contributed by atoms with E-state index in [1.165, 1.54) is 12.1 Å². The summed E-state index contributed by atoms with van der Waals surface area (Å²) in [7, 11) is 0. The first-order chi connectivity index (χ1) is 6.77. The number of benzene rings is 1. The zero-order valence-electron chi connectivity index (χ0n) is 8.25. The summed E-state index contributed by atoms with van der Waals surface area (Å²) in [4.78, 5) is 0. The molecule has 0 fully saturated rings. The van der Waals surface area contributed by atoms with Crippen molar-refractivity contribution >= 4 is 0 Å². The van der Waals surface area contributed by atoms with Crippen molar-refractivity contribution in [3.05, 3.63) is 35.6 Å². The van der Waals surface area contributed by atoms with Crippen molar-refractivity contribution in [2.75, 3.05) is 13.1 Å². The van der Waals surface area contributed by atoms with Crippen LogP contribution in [0.5, 0.6) is 0 Å². The molecule has 1 aromatic carbocycles. The van der Waals surface area contributed by atoms with Crippen LogP contribution in [0.15, 0.2) is 24.3 Å². The van der Waals surface area contributed by atoms with Crippen molar-refractivity contribution in [2.45, 2.75) is 18.8 Å². The summed E-state index contributed by atoms with van der Waals surface area (Å²) in [5.41, 5.74) is 12.2. The van der Waals surface area contributed by atoms with Gasteiger partial charge < -0.3 is 11.5 Å². The van der Waals surface area contributed by atoms with Crippen molar-refractivity contribution in [1.82, 2.24) is 0 Å². The second-order valence-corrected chi connectivity index (χ2v) is 3.40. The molecule has 0 spiro atoms. The predicted octanol–water partition coefficient (Wildman–Crippen LogP) is 1.61. The van der Waals surface area contributed by atoms with Crippen molar-refractivity contribution in [3.8, 4) is 0 Å². The standard InChI is InChI=1S/C11H17FN2/c12-11-3-1-9(2-4-11)10(5-7-13)6-8-14/h1-4,10H,5-8,13-14H2. The molecule has 1 aromatic rings. The lowest BCUT2D eigenvalue weighted by Gasteiger charge is -2.15.